The Bertz CT molecular complexity index is 1110. The first-order chi connectivity index (χ1) is 15.6. The number of H-pyrrole nitrogens is 1. The summed E-state index contributed by atoms with van der Waals surface area (Å²) in [5.74, 6) is 0.879. The van der Waals surface area contributed by atoms with Gasteiger partial charge in [0.15, 0.2) is 15.7 Å². The number of carbonyl (C=O) groups is 2. The minimum atomic E-state index is -3.51. The van der Waals surface area contributed by atoms with Gasteiger partial charge in [0.1, 0.15) is 5.75 Å². The number of methoxy groups -OCH3 is 1. The second-order valence-electron chi connectivity index (χ2n) is 8.41. The number of benzene rings is 1. The molecule has 2 aromatic rings. The maximum Gasteiger partial charge on any atom is 0.404 e. The van der Waals surface area contributed by atoms with Crippen LogP contribution in [-0.2, 0) is 21.1 Å². The molecule has 0 saturated heterocycles. The highest BCUT2D eigenvalue weighted by molar-refractivity contribution is 7.90. The molecule has 1 fully saturated rings. The van der Waals surface area contributed by atoms with Crippen LogP contribution < -0.4 is 15.4 Å². The third kappa shape index (κ3) is 6.25. The summed E-state index contributed by atoms with van der Waals surface area (Å²) < 4.78 is 29.3. The summed E-state index contributed by atoms with van der Waals surface area (Å²) in [6, 6.07) is 6.21. The lowest BCUT2D eigenvalue weighted by atomic mass is 9.94. The van der Waals surface area contributed by atoms with Crippen LogP contribution in [0.1, 0.15) is 49.8 Å². The van der Waals surface area contributed by atoms with Gasteiger partial charge in [0, 0.05) is 30.0 Å². The summed E-state index contributed by atoms with van der Waals surface area (Å²) >= 11 is 0. The van der Waals surface area contributed by atoms with Gasteiger partial charge in [-0.1, -0.05) is 6.92 Å². The number of carboxylic acid groups (broad SMARTS) is 1. The number of nitrogens with zero attached hydrogens (tertiary/aromatic N) is 1. The van der Waals surface area contributed by atoms with Crippen molar-refractivity contribution in [2.24, 2.45) is 5.92 Å². The number of aromatic nitrogens is 2. The van der Waals surface area contributed by atoms with Crippen molar-refractivity contribution in [3.05, 3.63) is 35.5 Å². The number of carbonyl (C=O) groups excluding carboxylic acids is 1. The van der Waals surface area contributed by atoms with Crippen LogP contribution in [0.25, 0.3) is 0 Å². The molecule has 3 atom stereocenters. The fraction of sp³-hybridized carbons (Fsp3) is 0.500. The molecular formula is C22H30N4O6S. The third-order valence-electron chi connectivity index (χ3n) is 6.11. The number of nitrogens with one attached hydrogen (secondary N) is 3. The molecule has 10 nitrogen and oxygen atoms in total. The molecule has 1 aromatic heterocycles. The highest BCUT2D eigenvalue weighted by atomic mass is 32.2. The Kier molecular flexibility index (Phi) is 7.62. The van der Waals surface area contributed by atoms with E-state index in [-0.39, 0.29) is 29.2 Å². The van der Waals surface area contributed by atoms with Gasteiger partial charge in [0.2, 0.25) is 5.91 Å². The van der Waals surface area contributed by atoms with E-state index in [9.17, 15) is 18.0 Å². The Morgan fingerprint density at radius 1 is 1.30 bits per heavy atom. The van der Waals surface area contributed by atoms with Gasteiger partial charge in [-0.15, -0.1) is 0 Å². The highest BCUT2D eigenvalue weighted by Gasteiger charge is 2.32. The van der Waals surface area contributed by atoms with Crippen LogP contribution in [0, 0.1) is 5.92 Å². The average molecular weight is 479 g/mol. The minimum Gasteiger partial charge on any atom is -0.497 e. The van der Waals surface area contributed by atoms with Crippen molar-refractivity contribution >= 4 is 27.7 Å². The molecule has 11 heteroatoms. The first-order valence-electron chi connectivity index (χ1n) is 10.8. The first-order valence-corrected chi connectivity index (χ1v) is 12.7. The zero-order chi connectivity index (χ0) is 24.2. The monoisotopic (exact) mass is 478 g/mol. The van der Waals surface area contributed by atoms with E-state index in [0.717, 1.165) is 37.6 Å². The van der Waals surface area contributed by atoms with Gasteiger partial charge >= 0.3 is 6.09 Å². The van der Waals surface area contributed by atoms with Crippen molar-refractivity contribution < 1.29 is 27.9 Å². The summed E-state index contributed by atoms with van der Waals surface area (Å²) in [7, 11) is -2.03. The summed E-state index contributed by atoms with van der Waals surface area (Å²) in [6.07, 6.45) is 3.32. The maximum atomic E-state index is 12.6. The molecule has 180 valence electrons. The minimum absolute atomic E-state index is 0.0819. The van der Waals surface area contributed by atoms with Crippen LogP contribution in [0.2, 0.25) is 0 Å². The normalized spacial score (nSPS) is 19.1. The summed E-state index contributed by atoms with van der Waals surface area (Å²) in [5.41, 5.74) is 1.23. The van der Waals surface area contributed by atoms with Gasteiger partial charge in [-0.25, -0.2) is 13.2 Å². The smallest absolute Gasteiger partial charge is 0.404 e. The van der Waals surface area contributed by atoms with E-state index in [1.54, 1.807) is 18.2 Å². The number of rotatable bonds is 9. The van der Waals surface area contributed by atoms with Gasteiger partial charge in [-0.2, -0.15) is 5.10 Å². The molecule has 1 heterocycles. The summed E-state index contributed by atoms with van der Waals surface area (Å²) in [5, 5.41) is 21.5. The summed E-state index contributed by atoms with van der Waals surface area (Å²) in [6.45, 7) is 1.97. The molecule has 1 aliphatic rings. The molecule has 0 bridgehead atoms. The van der Waals surface area contributed by atoms with E-state index in [1.165, 1.54) is 13.2 Å². The number of anilines is 1. The lowest BCUT2D eigenvalue weighted by Gasteiger charge is -2.22. The number of ether oxygens (including phenoxy) is 1. The van der Waals surface area contributed by atoms with Crippen LogP contribution in [0.3, 0.4) is 0 Å². The van der Waals surface area contributed by atoms with E-state index in [4.69, 9.17) is 9.84 Å². The van der Waals surface area contributed by atoms with Crippen LogP contribution in [0.5, 0.6) is 5.75 Å². The number of amides is 2. The molecule has 1 aliphatic carbocycles. The molecule has 33 heavy (non-hydrogen) atoms. The van der Waals surface area contributed by atoms with Gasteiger partial charge in [0.05, 0.1) is 18.4 Å². The standard InChI is InChI=1S/C22H30N4O6S/c1-4-17(23-22(28)29)13-5-6-14(9-13)18-12-20(26-25-18)24-21(27)11-15-10-16(32-2)7-8-19(15)33(3,30)31/h7-8,10,12-14,17,23H,4-6,9,11H2,1-3H3,(H,28,29)(H2,24,25,26,27). The van der Waals surface area contributed by atoms with E-state index >= 15 is 0 Å². The lowest BCUT2D eigenvalue weighted by molar-refractivity contribution is -0.115. The largest absolute Gasteiger partial charge is 0.497 e. The molecule has 0 aliphatic heterocycles. The molecule has 3 rings (SSSR count). The Hall–Kier alpha value is -3.08. The Morgan fingerprint density at radius 2 is 2.06 bits per heavy atom. The molecule has 0 spiro atoms. The van der Waals surface area contributed by atoms with E-state index in [2.05, 4.69) is 20.8 Å². The summed E-state index contributed by atoms with van der Waals surface area (Å²) in [4.78, 5) is 23.7. The molecule has 4 N–H and O–H groups in total. The van der Waals surface area contributed by atoms with Gasteiger partial charge in [-0.3, -0.25) is 9.89 Å². The van der Waals surface area contributed by atoms with Crippen molar-refractivity contribution in [2.75, 3.05) is 18.7 Å². The first kappa shape index (κ1) is 24.6. The second kappa shape index (κ2) is 10.2. The van der Waals surface area contributed by atoms with Crippen LogP contribution in [0.15, 0.2) is 29.2 Å². The van der Waals surface area contributed by atoms with E-state index in [1.807, 2.05) is 6.92 Å². The van der Waals surface area contributed by atoms with Crippen LogP contribution >= 0.6 is 0 Å². The fourth-order valence-corrected chi connectivity index (χ4v) is 5.45. The Morgan fingerprint density at radius 3 is 2.70 bits per heavy atom. The highest BCUT2D eigenvalue weighted by Crippen LogP contribution is 2.40. The lowest BCUT2D eigenvalue weighted by Crippen LogP contribution is -2.38. The number of hydrogen-bond acceptors (Lipinski definition) is 6. The number of hydrogen-bond donors (Lipinski definition) is 4. The molecule has 3 unspecified atom stereocenters. The van der Waals surface area contributed by atoms with Crippen LogP contribution in [-0.4, -0.2) is 55.1 Å². The zero-order valence-corrected chi connectivity index (χ0v) is 19.7. The second-order valence-corrected chi connectivity index (χ2v) is 10.4. The molecule has 1 aromatic carbocycles. The van der Waals surface area contributed by atoms with Crippen molar-refractivity contribution in [1.82, 2.24) is 15.5 Å². The molecular weight excluding hydrogens is 448 g/mol. The van der Waals surface area contributed by atoms with Crippen LogP contribution in [0.4, 0.5) is 10.6 Å². The fourth-order valence-electron chi connectivity index (χ4n) is 4.53. The third-order valence-corrected chi connectivity index (χ3v) is 7.31. The maximum absolute atomic E-state index is 12.6. The zero-order valence-electron chi connectivity index (χ0n) is 18.9. The van der Waals surface area contributed by atoms with Gasteiger partial charge in [-0.05, 0) is 55.4 Å². The van der Waals surface area contributed by atoms with Crippen molar-refractivity contribution in [2.45, 2.75) is 55.9 Å². The number of sulfone groups is 1. The SMILES string of the molecule is CCC(NC(=O)O)C1CCC(c2cc(NC(=O)Cc3cc(OC)ccc3S(C)(=O)=O)n[nH]2)C1. The van der Waals surface area contributed by atoms with Gasteiger partial charge < -0.3 is 20.5 Å². The molecule has 2 amide bonds. The van der Waals surface area contributed by atoms with Crippen molar-refractivity contribution in [3.8, 4) is 5.75 Å². The molecule has 0 radical (unpaired) electrons. The topological polar surface area (TPSA) is 150 Å². The quantitative estimate of drug-likeness (QED) is 0.433. The molecule has 1 saturated carbocycles. The predicted octanol–water partition coefficient (Wildman–Crippen LogP) is 2.93. The Labute approximate surface area is 193 Å². The number of aromatic amines is 1. The van der Waals surface area contributed by atoms with Crippen molar-refractivity contribution in [1.29, 1.82) is 0 Å². The average Bonchev–Trinajstić information content (AvgIpc) is 3.40. The van der Waals surface area contributed by atoms with Crippen molar-refractivity contribution in [3.63, 3.8) is 0 Å². The predicted molar refractivity (Wildman–Crippen MR) is 122 cm³/mol. The van der Waals surface area contributed by atoms with E-state index < -0.39 is 21.8 Å². The van der Waals surface area contributed by atoms with Gasteiger partial charge in [0.25, 0.3) is 0 Å². The Balaban J connectivity index is 1.65. The van der Waals surface area contributed by atoms with E-state index in [0.29, 0.717) is 17.1 Å².